The molecule has 0 spiro atoms. The Hall–Kier alpha value is -1.40. The van der Waals surface area contributed by atoms with Crippen molar-refractivity contribution in [2.24, 2.45) is 0 Å². The summed E-state index contributed by atoms with van der Waals surface area (Å²) in [5.74, 6) is -0.0105. The van der Waals surface area contributed by atoms with E-state index in [-0.39, 0.29) is 18.5 Å². The fourth-order valence-electron chi connectivity index (χ4n) is 11.4. The number of aliphatic hydroxyl groups excluding tert-OH is 2. The highest BCUT2D eigenvalue weighted by molar-refractivity contribution is 5.76. The molecule has 0 fully saturated rings. The summed E-state index contributed by atoms with van der Waals surface area (Å²) in [6, 6.07) is -0.536. The molecule has 0 rings (SSSR count). The Bertz CT molecular complexity index is 1160. The van der Waals surface area contributed by atoms with E-state index in [1.54, 1.807) is 0 Å². The third kappa shape index (κ3) is 63.6. The van der Waals surface area contributed by atoms with E-state index in [0.717, 1.165) is 38.5 Å². The molecule has 2 atom stereocenters. The van der Waals surface area contributed by atoms with Gasteiger partial charge in [0.15, 0.2) is 0 Å². The number of ether oxygens (including phenoxy) is 1. The number of hydrogen-bond acceptors (Lipinski definition) is 5. The number of allylic oxidation sites excluding steroid dienone is 2. The molecule has 2 unspecified atom stereocenters. The van der Waals surface area contributed by atoms with Crippen LogP contribution in [-0.4, -0.2) is 47.4 Å². The van der Waals surface area contributed by atoms with E-state index in [9.17, 15) is 19.8 Å². The third-order valence-electron chi connectivity index (χ3n) is 16.8. The fourth-order valence-corrected chi connectivity index (χ4v) is 11.4. The summed E-state index contributed by atoms with van der Waals surface area (Å²) >= 11 is 0. The fraction of sp³-hybridized carbons (Fsp3) is 0.944. The van der Waals surface area contributed by atoms with Crippen molar-refractivity contribution < 1.29 is 24.5 Å². The van der Waals surface area contributed by atoms with Crippen LogP contribution >= 0.6 is 0 Å². The van der Waals surface area contributed by atoms with Gasteiger partial charge in [0.1, 0.15) is 0 Å². The molecule has 0 bridgehead atoms. The van der Waals surface area contributed by atoms with Gasteiger partial charge in [-0.15, -0.1) is 0 Å². The van der Waals surface area contributed by atoms with Crippen LogP contribution in [0.5, 0.6) is 0 Å². The van der Waals surface area contributed by atoms with Crippen molar-refractivity contribution >= 4 is 11.9 Å². The molecule has 458 valence electrons. The van der Waals surface area contributed by atoms with Crippen LogP contribution in [0.25, 0.3) is 0 Å². The Morgan fingerprint density at radius 1 is 0.351 bits per heavy atom. The lowest BCUT2D eigenvalue weighted by atomic mass is 10.0. The topological polar surface area (TPSA) is 95.9 Å². The van der Waals surface area contributed by atoms with Gasteiger partial charge >= 0.3 is 5.97 Å². The van der Waals surface area contributed by atoms with Crippen LogP contribution in [0, 0.1) is 0 Å². The molecule has 0 radical (unpaired) electrons. The number of amides is 1. The van der Waals surface area contributed by atoms with E-state index >= 15 is 0 Å². The Morgan fingerprint density at radius 3 is 0.922 bits per heavy atom. The molecule has 0 saturated heterocycles. The molecule has 0 aromatic heterocycles. The predicted octanol–water partition coefficient (Wildman–Crippen LogP) is 22.8. The van der Waals surface area contributed by atoms with Crippen molar-refractivity contribution in [3.63, 3.8) is 0 Å². The average Bonchev–Trinajstić information content (AvgIpc) is 3.43. The minimum atomic E-state index is -0.659. The maximum absolute atomic E-state index is 12.5. The molecule has 3 N–H and O–H groups in total. The van der Waals surface area contributed by atoms with Crippen molar-refractivity contribution in [3.8, 4) is 0 Å². The Morgan fingerprint density at radius 2 is 0.610 bits per heavy atom. The summed E-state index contributed by atoms with van der Waals surface area (Å²) in [7, 11) is 0. The molecule has 0 aromatic carbocycles. The lowest BCUT2D eigenvalue weighted by molar-refractivity contribution is -0.143. The molecule has 0 heterocycles. The number of carbonyl (C=O) groups is 2. The molecule has 1 amide bonds. The molecule has 77 heavy (non-hydrogen) atoms. The Kier molecular flexibility index (Phi) is 65.9. The first-order chi connectivity index (χ1) is 38.0. The average molecular weight is 1090 g/mol. The molecular formula is C71H139NO5. The number of unbranched alkanes of at least 4 members (excludes halogenated alkanes) is 54. The van der Waals surface area contributed by atoms with Crippen LogP contribution in [0.3, 0.4) is 0 Å². The Labute approximate surface area is 482 Å². The van der Waals surface area contributed by atoms with Crippen molar-refractivity contribution in [1.29, 1.82) is 0 Å². The van der Waals surface area contributed by atoms with Gasteiger partial charge in [-0.25, -0.2) is 0 Å². The molecule has 0 aromatic rings. The zero-order chi connectivity index (χ0) is 55.7. The van der Waals surface area contributed by atoms with Crippen molar-refractivity contribution in [2.45, 2.75) is 418 Å². The normalized spacial score (nSPS) is 12.5. The highest BCUT2D eigenvalue weighted by Crippen LogP contribution is 2.19. The van der Waals surface area contributed by atoms with E-state index in [0.29, 0.717) is 25.9 Å². The van der Waals surface area contributed by atoms with Gasteiger partial charge in [0.25, 0.3) is 0 Å². The summed E-state index contributed by atoms with van der Waals surface area (Å²) in [6.07, 6.45) is 82.8. The number of rotatable bonds is 67. The maximum Gasteiger partial charge on any atom is 0.305 e. The van der Waals surface area contributed by atoms with E-state index in [1.165, 1.54) is 334 Å². The minimum Gasteiger partial charge on any atom is -0.466 e. The number of carbonyl (C=O) groups excluding carboxylic acids is 2. The van der Waals surface area contributed by atoms with E-state index < -0.39 is 12.1 Å². The number of esters is 1. The van der Waals surface area contributed by atoms with Gasteiger partial charge in [-0.05, 0) is 51.4 Å². The largest absolute Gasteiger partial charge is 0.466 e. The van der Waals surface area contributed by atoms with Crippen molar-refractivity contribution in [3.05, 3.63) is 12.2 Å². The van der Waals surface area contributed by atoms with Crippen molar-refractivity contribution in [2.75, 3.05) is 13.2 Å². The minimum absolute atomic E-state index is 0.0187. The van der Waals surface area contributed by atoms with Gasteiger partial charge in [0.2, 0.25) is 5.91 Å². The molecule has 6 heteroatoms. The standard InChI is InChI=1S/C71H139NO5/c1-3-5-7-9-11-13-15-16-17-34-38-41-45-49-53-57-61-65-71(76)77-66-62-58-54-50-46-42-39-36-33-31-29-27-25-23-21-19-18-20-22-24-26-28-30-32-35-37-40-44-48-52-56-60-64-70(75)72-68(67-73)69(74)63-59-55-51-47-43-14-12-10-8-6-4-2/h16-17,68-69,73-74H,3-15,18-67H2,1-2H3,(H,72,75)/b17-16-. The smallest absolute Gasteiger partial charge is 0.305 e. The number of aliphatic hydroxyl groups is 2. The summed E-state index contributed by atoms with van der Waals surface area (Å²) < 4.78 is 5.51. The first-order valence-corrected chi connectivity index (χ1v) is 35.4. The van der Waals surface area contributed by atoms with E-state index in [4.69, 9.17) is 4.74 Å². The van der Waals surface area contributed by atoms with Crippen LogP contribution in [0.4, 0.5) is 0 Å². The van der Waals surface area contributed by atoms with Crippen LogP contribution in [-0.2, 0) is 14.3 Å². The molecule has 0 aliphatic rings. The highest BCUT2D eigenvalue weighted by Gasteiger charge is 2.20. The molecule has 6 nitrogen and oxygen atoms in total. The van der Waals surface area contributed by atoms with Gasteiger partial charge in [-0.3, -0.25) is 9.59 Å². The second-order valence-corrected chi connectivity index (χ2v) is 24.6. The zero-order valence-electron chi connectivity index (χ0n) is 52.5. The second kappa shape index (κ2) is 67.1. The predicted molar refractivity (Wildman–Crippen MR) is 338 cm³/mol. The van der Waals surface area contributed by atoms with Gasteiger partial charge in [-0.1, -0.05) is 353 Å². The zero-order valence-corrected chi connectivity index (χ0v) is 52.5. The summed E-state index contributed by atoms with van der Waals surface area (Å²) in [5, 5.41) is 23.2. The molecule has 0 saturated carbocycles. The summed E-state index contributed by atoms with van der Waals surface area (Å²) in [5.41, 5.74) is 0. The first-order valence-electron chi connectivity index (χ1n) is 35.4. The second-order valence-electron chi connectivity index (χ2n) is 24.6. The lowest BCUT2D eigenvalue weighted by Gasteiger charge is -2.22. The van der Waals surface area contributed by atoms with E-state index in [1.807, 2.05) is 0 Å². The van der Waals surface area contributed by atoms with Gasteiger partial charge < -0.3 is 20.3 Å². The Balaban J connectivity index is 3.29. The van der Waals surface area contributed by atoms with Crippen LogP contribution < -0.4 is 5.32 Å². The SMILES string of the molecule is CCCCCCCC/C=C\CCCCCCCCCC(=O)OCCCCCCCCCCCCCCCCCCCCCCCCCCCCCCCCCCC(=O)NC(CO)C(O)CCCCCCCCCCCCC. The highest BCUT2D eigenvalue weighted by atomic mass is 16.5. The number of nitrogens with one attached hydrogen (secondary N) is 1. The first kappa shape index (κ1) is 75.6. The van der Waals surface area contributed by atoms with Crippen LogP contribution in [0.15, 0.2) is 12.2 Å². The van der Waals surface area contributed by atoms with Gasteiger partial charge in [-0.2, -0.15) is 0 Å². The van der Waals surface area contributed by atoms with E-state index in [2.05, 4.69) is 31.3 Å². The lowest BCUT2D eigenvalue weighted by Crippen LogP contribution is -2.45. The maximum atomic E-state index is 12.5. The monoisotopic (exact) mass is 1090 g/mol. The number of hydrogen-bond donors (Lipinski definition) is 3. The van der Waals surface area contributed by atoms with Crippen LogP contribution in [0.1, 0.15) is 406 Å². The summed E-state index contributed by atoms with van der Waals surface area (Å²) in [6.45, 7) is 4.97. The van der Waals surface area contributed by atoms with Crippen LogP contribution in [0.2, 0.25) is 0 Å². The molecule has 0 aliphatic heterocycles. The molecular weight excluding hydrogens is 947 g/mol. The van der Waals surface area contributed by atoms with Gasteiger partial charge in [0.05, 0.1) is 25.4 Å². The molecule has 0 aliphatic carbocycles. The van der Waals surface area contributed by atoms with Gasteiger partial charge in [0, 0.05) is 12.8 Å². The third-order valence-corrected chi connectivity index (χ3v) is 16.8. The summed E-state index contributed by atoms with van der Waals surface area (Å²) in [4.78, 5) is 24.6. The quantitative estimate of drug-likeness (QED) is 0.0320. The van der Waals surface area contributed by atoms with Crippen molar-refractivity contribution in [1.82, 2.24) is 5.32 Å².